The first kappa shape index (κ1) is 11.5. The minimum absolute atomic E-state index is 0.826. The number of ether oxygens (including phenoxy) is 1. The predicted octanol–water partition coefficient (Wildman–Crippen LogP) is 2.68. The molecule has 0 fully saturated rings. The molecule has 0 aliphatic carbocycles. The van der Waals surface area contributed by atoms with Gasteiger partial charge in [0.25, 0.3) is 0 Å². The van der Waals surface area contributed by atoms with Crippen molar-refractivity contribution in [1.82, 2.24) is 0 Å². The Kier molecular flexibility index (Phi) is 4.23. The molecule has 2 rings (SSSR count). The average Bonchev–Trinajstić information content (AvgIpc) is 2.76. The Hall–Kier alpha value is -1.02. The van der Waals surface area contributed by atoms with Gasteiger partial charge < -0.3 is 10.5 Å². The third-order valence-electron chi connectivity index (χ3n) is 3.18. The van der Waals surface area contributed by atoms with E-state index in [2.05, 4.69) is 18.2 Å². The zero-order chi connectivity index (χ0) is 11.2. The number of unbranched alkanes of at least 4 members (excludes halogenated alkanes) is 3. The minimum atomic E-state index is 0.826. The Morgan fingerprint density at radius 2 is 2.00 bits per heavy atom. The molecule has 1 aromatic rings. The zero-order valence-electron chi connectivity index (χ0n) is 9.87. The van der Waals surface area contributed by atoms with Gasteiger partial charge in [0, 0.05) is 6.42 Å². The molecular formula is C14H21NO. The molecule has 0 saturated heterocycles. The lowest BCUT2D eigenvalue weighted by atomic mass is 10.0. The van der Waals surface area contributed by atoms with E-state index in [0.717, 1.165) is 31.7 Å². The quantitative estimate of drug-likeness (QED) is 0.747. The van der Waals surface area contributed by atoms with Crippen molar-refractivity contribution in [3.05, 3.63) is 29.3 Å². The lowest BCUT2D eigenvalue weighted by Gasteiger charge is -2.04. The summed E-state index contributed by atoms with van der Waals surface area (Å²) in [6.45, 7) is 1.68. The number of nitrogens with two attached hydrogens (primary N) is 1. The average molecular weight is 219 g/mol. The minimum Gasteiger partial charge on any atom is -0.493 e. The van der Waals surface area contributed by atoms with E-state index in [-0.39, 0.29) is 0 Å². The van der Waals surface area contributed by atoms with Gasteiger partial charge in [0.1, 0.15) is 5.75 Å². The topological polar surface area (TPSA) is 35.2 Å². The van der Waals surface area contributed by atoms with Gasteiger partial charge in [-0.1, -0.05) is 25.0 Å². The van der Waals surface area contributed by atoms with Crippen LogP contribution in [-0.2, 0) is 12.8 Å². The van der Waals surface area contributed by atoms with E-state index >= 15 is 0 Å². The third kappa shape index (κ3) is 2.99. The van der Waals surface area contributed by atoms with Crippen molar-refractivity contribution in [2.75, 3.05) is 13.2 Å². The molecule has 16 heavy (non-hydrogen) atoms. The second kappa shape index (κ2) is 5.90. The van der Waals surface area contributed by atoms with Crippen LogP contribution in [0.4, 0.5) is 0 Å². The largest absolute Gasteiger partial charge is 0.493 e. The first-order valence-electron chi connectivity index (χ1n) is 6.35. The fraction of sp³-hybridized carbons (Fsp3) is 0.571. The summed E-state index contributed by atoms with van der Waals surface area (Å²) in [6, 6.07) is 6.68. The van der Waals surface area contributed by atoms with E-state index in [1.807, 2.05) is 0 Å². The lowest BCUT2D eigenvalue weighted by molar-refractivity contribution is 0.356. The summed E-state index contributed by atoms with van der Waals surface area (Å²) in [5, 5.41) is 0. The van der Waals surface area contributed by atoms with Crippen molar-refractivity contribution in [2.24, 2.45) is 5.73 Å². The third-order valence-corrected chi connectivity index (χ3v) is 3.18. The predicted molar refractivity (Wildman–Crippen MR) is 66.9 cm³/mol. The summed E-state index contributed by atoms with van der Waals surface area (Å²) in [6.07, 6.45) is 7.21. The van der Waals surface area contributed by atoms with Crippen LogP contribution >= 0.6 is 0 Å². The zero-order valence-corrected chi connectivity index (χ0v) is 9.87. The number of rotatable bonds is 6. The maximum absolute atomic E-state index is 5.57. The van der Waals surface area contributed by atoms with Crippen LogP contribution in [0.5, 0.6) is 5.75 Å². The van der Waals surface area contributed by atoms with Crippen LogP contribution in [-0.4, -0.2) is 13.2 Å². The summed E-state index contributed by atoms with van der Waals surface area (Å²) in [4.78, 5) is 0. The van der Waals surface area contributed by atoms with E-state index in [0.29, 0.717) is 0 Å². The molecule has 0 aromatic heterocycles. The van der Waals surface area contributed by atoms with Gasteiger partial charge in [0.2, 0.25) is 0 Å². The molecule has 88 valence electrons. The molecule has 0 amide bonds. The van der Waals surface area contributed by atoms with Gasteiger partial charge in [-0.15, -0.1) is 0 Å². The summed E-state index contributed by atoms with van der Waals surface area (Å²) in [5.74, 6) is 1.11. The molecule has 2 N–H and O–H groups in total. The first-order valence-corrected chi connectivity index (χ1v) is 6.35. The van der Waals surface area contributed by atoms with Crippen LogP contribution in [0.15, 0.2) is 18.2 Å². The van der Waals surface area contributed by atoms with Gasteiger partial charge in [0.05, 0.1) is 6.61 Å². The van der Waals surface area contributed by atoms with Gasteiger partial charge in [-0.25, -0.2) is 0 Å². The van der Waals surface area contributed by atoms with Gasteiger partial charge >= 0.3 is 0 Å². The van der Waals surface area contributed by atoms with Crippen LogP contribution in [0.2, 0.25) is 0 Å². The number of benzene rings is 1. The van der Waals surface area contributed by atoms with Gasteiger partial charge in [-0.05, 0) is 43.0 Å². The van der Waals surface area contributed by atoms with E-state index in [9.17, 15) is 0 Å². The van der Waals surface area contributed by atoms with Gasteiger partial charge in [-0.3, -0.25) is 0 Å². The second-order valence-electron chi connectivity index (χ2n) is 4.49. The SMILES string of the molecule is NCCCCCCc1ccc2c(c1)OCC2. The van der Waals surface area contributed by atoms with Crippen LogP contribution in [0.3, 0.4) is 0 Å². The Morgan fingerprint density at radius 1 is 1.12 bits per heavy atom. The highest BCUT2D eigenvalue weighted by Crippen LogP contribution is 2.26. The molecule has 1 aromatic carbocycles. The van der Waals surface area contributed by atoms with Crippen LogP contribution in [0, 0.1) is 0 Å². The van der Waals surface area contributed by atoms with E-state index < -0.39 is 0 Å². The molecule has 0 bridgehead atoms. The molecule has 0 spiro atoms. The first-order chi connectivity index (χ1) is 7.90. The fourth-order valence-electron chi connectivity index (χ4n) is 2.19. The van der Waals surface area contributed by atoms with E-state index in [1.165, 1.54) is 36.8 Å². The summed E-state index contributed by atoms with van der Waals surface area (Å²) in [7, 11) is 0. The molecular weight excluding hydrogens is 198 g/mol. The van der Waals surface area contributed by atoms with E-state index in [4.69, 9.17) is 10.5 Å². The van der Waals surface area contributed by atoms with Crippen molar-refractivity contribution in [1.29, 1.82) is 0 Å². The molecule has 1 heterocycles. The highest BCUT2D eigenvalue weighted by molar-refractivity contribution is 5.40. The molecule has 0 radical (unpaired) electrons. The molecule has 1 aliphatic rings. The molecule has 2 nitrogen and oxygen atoms in total. The van der Waals surface area contributed by atoms with Crippen LogP contribution in [0.25, 0.3) is 0 Å². The van der Waals surface area contributed by atoms with Crippen LogP contribution < -0.4 is 10.5 Å². The lowest BCUT2D eigenvalue weighted by Crippen LogP contribution is -1.97. The summed E-state index contributed by atoms with van der Waals surface area (Å²) >= 11 is 0. The normalized spacial score (nSPS) is 13.6. The summed E-state index contributed by atoms with van der Waals surface area (Å²) in [5.41, 5.74) is 8.24. The Bertz CT molecular complexity index is 336. The van der Waals surface area contributed by atoms with Crippen molar-refractivity contribution in [3.8, 4) is 5.75 Å². The fourth-order valence-corrected chi connectivity index (χ4v) is 2.19. The maximum atomic E-state index is 5.57. The van der Waals surface area contributed by atoms with Crippen LogP contribution in [0.1, 0.15) is 36.8 Å². The molecule has 1 aliphatic heterocycles. The Morgan fingerprint density at radius 3 is 2.88 bits per heavy atom. The number of fused-ring (bicyclic) bond motifs is 1. The molecule has 0 atom stereocenters. The van der Waals surface area contributed by atoms with Crippen molar-refractivity contribution >= 4 is 0 Å². The number of hydrogen-bond donors (Lipinski definition) is 1. The molecule has 2 heteroatoms. The smallest absolute Gasteiger partial charge is 0.122 e. The summed E-state index contributed by atoms with van der Waals surface area (Å²) < 4.78 is 5.57. The van der Waals surface area contributed by atoms with Gasteiger partial charge in [-0.2, -0.15) is 0 Å². The molecule has 0 saturated carbocycles. The Labute approximate surface area is 97.8 Å². The van der Waals surface area contributed by atoms with E-state index in [1.54, 1.807) is 0 Å². The maximum Gasteiger partial charge on any atom is 0.122 e. The molecule has 0 unspecified atom stereocenters. The monoisotopic (exact) mass is 219 g/mol. The highest BCUT2D eigenvalue weighted by atomic mass is 16.5. The number of hydrogen-bond acceptors (Lipinski definition) is 2. The second-order valence-corrected chi connectivity index (χ2v) is 4.49. The van der Waals surface area contributed by atoms with Gasteiger partial charge in [0.15, 0.2) is 0 Å². The van der Waals surface area contributed by atoms with Crippen molar-refractivity contribution in [2.45, 2.75) is 38.5 Å². The number of aryl methyl sites for hydroxylation is 1. The van der Waals surface area contributed by atoms with Crippen molar-refractivity contribution < 1.29 is 4.74 Å². The standard InChI is InChI=1S/C14H21NO/c15-9-4-2-1-3-5-12-6-7-13-8-10-16-14(13)11-12/h6-7,11H,1-5,8-10,15H2. The Balaban J connectivity index is 1.77. The highest BCUT2D eigenvalue weighted by Gasteiger charge is 2.11. The van der Waals surface area contributed by atoms with Crippen molar-refractivity contribution in [3.63, 3.8) is 0 Å².